The fraction of sp³-hybridized carbons (Fsp3) is 0.429. The molecular weight excluding hydrogens is 331 g/mol. The molecule has 0 aliphatic carbocycles. The minimum absolute atomic E-state index is 0.0102. The van der Waals surface area contributed by atoms with Crippen LogP contribution in [0.1, 0.15) is 30.9 Å². The van der Waals surface area contributed by atoms with Gasteiger partial charge in [-0.05, 0) is 30.5 Å². The Hall–Kier alpha value is -1.50. The first-order valence-corrected chi connectivity index (χ1v) is 7.52. The maximum Gasteiger partial charge on any atom is 0.314 e. The first kappa shape index (κ1) is 18.5. The molecule has 22 heavy (non-hydrogen) atoms. The van der Waals surface area contributed by atoms with E-state index in [2.05, 4.69) is 10.6 Å². The van der Waals surface area contributed by atoms with Crippen LogP contribution in [-0.2, 0) is 4.79 Å². The van der Waals surface area contributed by atoms with E-state index in [-0.39, 0.29) is 19.5 Å². The van der Waals surface area contributed by atoms with E-state index in [9.17, 15) is 14.7 Å². The molecule has 0 heterocycles. The number of hydrogen-bond acceptors (Lipinski definition) is 3. The summed E-state index contributed by atoms with van der Waals surface area (Å²) in [5.41, 5.74) is 0.623. The van der Waals surface area contributed by atoms with Gasteiger partial charge in [-0.25, -0.2) is 4.79 Å². The molecule has 8 heteroatoms. The first-order valence-electron chi connectivity index (χ1n) is 6.76. The number of urea groups is 1. The molecule has 2 amide bonds. The monoisotopic (exact) mass is 348 g/mol. The summed E-state index contributed by atoms with van der Waals surface area (Å²) in [5, 5.41) is 24.3. The van der Waals surface area contributed by atoms with Gasteiger partial charge in [0.25, 0.3) is 0 Å². The predicted octanol–water partition coefficient (Wildman–Crippen LogP) is 2.58. The van der Waals surface area contributed by atoms with E-state index < -0.39 is 18.1 Å². The lowest BCUT2D eigenvalue weighted by Crippen LogP contribution is -2.37. The quantitative estimate of drug-likeness (QED) is 0.542. The lowest BCUT2D eigenvalue weighted by molar-refractivity contribution is -0.137. The van der Waals surface area contributed by atoms with E-state index in [0.29, 0.717) is 28.5 Å². The second-order valence-corrected chi connectivity index (χ2v) is 5.47. The van der Waals surface area contributed by atoms with Crippen LogP contribution in [-0.4, -0.2) is 35.3 Å². The Bertz CT molecular complexity index is 526. The summed E-state index contributed by atoms with van der Waals surface area (Å²) in [4.78, 5) is 21.7. The van der Waals surface area contributed by atoms with Crippen LogP contribution in [0.25, 0.3) is 0 Å². The van der Waals surface area contributed by atoms with Crippen molar-refractivity contribution in [2.45, 2.75) is 25.4 Å². The number of hydrogen-bond donors (Lipinski definition) is 4. The number of carbonyl (C=O) groups is 2. The number of carboxylic acids is 1. The number of amides is 2. The van der Waals surface area contributed by atoms with E-state index in [1.807, 2.05) is 0 Å². The van der Waals surface area contributed by atoms with Crippen LogP contribution in [0.3, 0.4) is 0 Å². The largest absolute Gasteiger partial charge is 0.481 e. The van der Waals surface area contributed by atoms with Gasteiger partial charge < -0.3 is 20.8 Å². The average molecular weight is 349 g/mol. The van der Waals surface area contributed by atoms with Gasteiger partial charge in [-0.1, -0.05) is 29.3 Å². The molecule has 1 unspecified atom stereocenters. The highest BCUT2D eigenvalue weighted by Gasteiger charge is 2.10. The number of aliphatic carboxylic acids is 1. The Morgan fingerprint density at radius 3 is 2.45 bits per heavy atom. The van der Waals surface area contributed by atoms with E-state index in [0.717, 1.165) is 0 Å². The van der Waals surface area contributed by atoms with Crippen LogP contribution < -0.4 is 10.6 Å². The molecule has 0 bridgehead atoms. The molecule has 0 aromatic heterocycles. The molecule has 0 fully saturated rings. The third-order valence-corrected chi connectivity index (χ3v) is 3.62. The Kier molecular flexibility index (Phi) is 8.01. The van der Waals surface area contributed by atoms with Crippen LogP contribution in [0, 0.1) is 0 Å². The van der Waals surface area contributed by atoms with Gasteiger partial charge in [-0.3, -0.25) is 4.79 Å². The number of aliphatic hydroxyl groups excluding tert-OH is 1. The molecule has 1 atom stereocenters. The van der Waals surface area contributed by atoms with Crippen molar-refractivity contribution in [2.75, 3.05) is 13.1 Å². The van der Waals surface area contributed by atoms with Crippen molar-refractivity contribution in [1.29, 1.82) is 0 Å². The van der Waals surface area contributed by atoms with Crippen molar-refractivity contribution in [3.8, 4) is 0 Å². The summed E-state index contributed by atoms with van der Waals surface area (Å²) in [6.07, 6.45) is -0.0621. The number of benzene rings is 1. The summed E-state index contributed by atoms with van der Waals surface area (Å²) in [5.74, 6) is -0.896. The van der Waals surface area contributed by atoms with Crippen molar-refractivity contribution < 1.29 is 19.8 Å². The van der Waals surface area contributed by atoms with Gasteiger partial charge in [0.1, 0.15) is 0 Å². The zero-order valence-corrected chi connectivity index (χ0v) is 13.3. The summed E-state index contributed by atoms with van der Waals surface area (Å²) in [6, 6.07) is 4.46. The van der Waals surface area contributed by atoms with Crippen molar-refractivity contribution >= 4 is 35.2 Å². The van der Waals surface area contributed by atoms with Gasteiger partial charge in [0.2, 0.25) is 0 Å². The highest BCUT2D eigenvalue weighted by molar-refractivity contribution is 6.42. The van der Waals surface area contributed by atoms with Crippen molar-refractivity contribution in [3.05, 3.63) is 33.8 Å². The van der Waals surface area contributed by atoms with Gasteiger partial charge in [0.15, 0.2) is 0 Å². The van der Waals surface area contributed by atoms with Crippen LogP contribution in [0.2, 0.25) is 10.0 Å². The number of halogens is 2. The zero-order chi connectivity index (χ0) is 16.5. The fourth-order valence-electron chi connectivity index (χ4n) is 1.71. The third-order valence-electron chi connectivity index (χ3n) is 2.88. The summed E-state index contributed by atoms with van der Waals surface area (Å²) in [7, 11) is 0. The summed E-state index contributed by atoms with van der Waals surface area (Å²) in [6.45, 7) is 0.555. The smallest absolute Gasteiger partial charge is 0.314 e. The highest BCUT2D eigenvalue weighted by atomic mass is 35.5. The van der Waals surface area contributed by atoms with E-state index in [1.165, 1.54) is 0 Å². The van der Waals surface area contributed by atoms with Crippen molar-refractivity contribution in [2.24, 2.45) is 0 Å². The fourth-order valence-corrected chi connectivity index (χ4v) is 2.02. The van der Waals surface area contributed by atoms with Crippen LogP contribution in [0.5, 0.6) is 0 Å². The Morgan fingerprint density at radius 1 is 1.14 bits per heavy atom. The zero-order valence-electron chi connectivity index (χ0n) is 11.8. The molecule has 0 spiro atoms. The number of carbonyl (C=O) groups excluding carboxylic acids is 1. The minimum Gasteiger partial charge on any atom is -0.481 e. The Labute approximate surface area is 138 Å². The number of carboxylic acid groups (broad SMARTS) is 1. The van der Waals surface area contributed by atoms with Crippen molar-refractivity contribution in [1.82, 2.24) is 10.6 Å². The molecule has 4 N–H and O–H groups in total. The lowest BCUT2D eigenvalue weighted by Gasteiger charge is -2.13. The van der Waals surface area contributed by atoms with Crippen molar-refractivity contribution in [3.63, 3.8) is 0 Å². The Balaban J connectivity index is 2.24. The molecule has 0 saturated heterocycles. The summed E-state index contributed by atoms with van der Waals surface area (Å²) < 4.78 is 0. The molecule has 1 rings (SSSR count). The van der Waals surface area contributed by atoms with Crippen LogP contribution >= 0.6 is 23.2 Å². The van der Waals surface area contributed by atoms with Gasteiger partial charge in [-0.2, -0.15) is 0 Å². The van der Waals surface area contributed by atoms with Gasteiger partial charge in [-0.15, -0.1) is 0 Å². The topological polar surface area (TPSA) is 98.7 Å². The molecule has 0 radical (unpaired) electrons. The molecule has 0 saturated carbocycles. The van der Waals surface area contributed by atoms with Gasteiger partial charge >= 0.3 is 12.0 Å². The first-order chi connectivity index (χ1) is 10.4. The van der Waals surface area contributed by atoms with Crippen LogP contribution in [0.15, 0.2) is 18.2 Å². The number of rotatable bonds is 8. The SMILES string of the molecule is O=C(O)CCCNC(=O)NCCC(O)c1ccc(Cl)c(Cl)c1. The predicted molar refractivity (Wildman–Crippen MR) is 84.3 cm³/mol. The van der Waals surface area contributed by atoms with E-state index in [1.54, 1.807) is 18.2 Å². The molecule has 6 nitrogen and oxygen atoms in total. The molecular formula is C14H18Cl2N2O4. The van der Waals surface area contributed by atoms with Gasteiger partial charge in [0, 0.05) is 19.5 Å². The second kappa shape index (κ2) is 9.50. The minimum atomic E-state index is -0.896. The standard InChI is InChI=1S/C14H18Cl2N2O4/c15-10-4-3-9(8-11(10)16)12(19)5-7-18-14(22)17-6-1-2-13(20)21/h3-4,8,12,19H,1-2,5-7H2,(H,20,21)(H2,17,18,22). The normalized spacial score (nSPS) is 11.8. The molecule has 1 aromatic rings. The molecule has 0 aliphatic rings. The summed E-state index contributed by atoms with van der Waals surface area (Å²) >= 11 is 11.7. The van der Waals surface area contributed by atoms with Crippen LogP contribution in [0.4, 0.5) is 4.79 Å². The second-order valence-electron chi connectivity index (χ2n) is 4.66. The number of aliphatic hydroxyl groups is 1. The van der Waals surface area contributed by atoms with Gasteiger partial charge in [0.05, 0.1) is 16.1 Å². The highest BCUT2D eigenvalue weighted by Crippen LogP contribution is 2.26. The molecule has 0 aliphatic heterocycles. The maximum atomic E-state index is 11.4. The number of nitrogens with one attached hydrogen (secondary N) is 2. The third kappa shape index (κ3) is 6.98. The maximum absolute atomic E-state index is 11.4. The van der Waals surface area contributed by atoms with E-state index in [4.69, 9.17) is 28.3 Å². The van der Waals surface area contributed by atoms with E-state index >= 15 is 0 Å². The Morgan fingerprint density at radius 2 is 1.82 bits per heavy atom. The molecule has 1 aromatic carbocycles. The lowest BCUT2D eigenvalue weighted by atomic mass is 10.1. The average Bonchev–Trinajstić information content (AvgIpc) is 2.46. The molecule has 122 valence electrons.